The van der Waals surface area contributed by atoms with Crippen molar-refractivity contribution in [3.63, 3.8) is 0 Å². The number of rotatable bonds is 7. The van der Waals surface area contributed by atoms with Gasteiger partial charge in [-0.3, -0.25) is 14.4 Å². The molecule has 2 N–H and O–H groups in total. The van der Waals surface area contributed by atoms with E-state index in [1.807, 2.05) is 11.0 Å². The van der Waals surface area contributed by atoms with Gasteiger partial charge in [0.15, 0.2) is 5.76 Å². The summed E-state index contributed by atoms with van der Waals surface area (Å²) in [6.45, 7) is 1.54. The zero-order valence-electron chi connectivity index (χ0n) is 20.3. The monoisotopic (exact) mass is 475 g/mol. The van der Waals surface area contributed by atoms with E-state index in [2.05, 4.69) is 28.8 Å². The first kappa shape index (κ1) is 23.4. The normalized spacial score (nSPS) is 18.8. The standard InChI is InChI=1S/C28H33N3O4/c1-29-28(34)26(19-6-3-2-4-7-19)30-27(33)24-12-11-23(35-24)21-10-9-20-14-18(15-22(20)16-21)17-31-13-5-8-25(31)32/h9-12,14,16,19,26H,2-8,13,15,17H2,1H3,(H,29,34)(H,30,33)/t26-/m0/s1. The second kappa shape index (κ2) is 10.1. The average molecular weight is 476 g/mol. The van der Waals surface area contributed by atoms with E-state index in [1.165, 1.54) is 23.1 Å². The second-order valence-electron chi connectivity index (χ2n) is 9.94. The van der Waals surface area contributed by atoms with Gasteiger partial charge in [0.1, 0.15) is 11.8 Å². The smallest absolute Gasteiger partial charge is 0.287 e. The number of nitrogens with zero attached hydrogens (tertiary/aromatic N) is 1. The first-order valence-corrected chi connectivity index (χ1v) is 12.7. The molecule has 1 saturated heterocycles. The van der Waals surface area contributed by atoms with Crippen LogP contribution in [0.25, 0.3) is 17.4 Å². The summed E-state index contributed by atoms with van der Waals surface area (Å²) < 4.78 is 5.93. The lowest BCUT2D eigenvalue weighted by atomic mass is 9.83. The molecule has 7 heteroatoms. The summed E-state index contributed by atoms with van der Waals surface area (Å²) in [5.41, 5.74) is 4.52. The summed E-state index contributed by atoms with van der Waals surface area (Å²) in [6, 6.07) is 9.08. The highest BCUT2D eigenvalue weighted by Crippen LogP contribution is 2.32. The van der Waals surface area contributed by atoms with Crippen molar-refractivity contribution in [3.05, 3.63) is 52.8 Å². The van der Waals surface area contributed by atoms with Crippen LogP contribution in [-0.4, -0.2) is 48.8 Å². The van der Waals surface area contributed by atoms with Crippen molar-refractivity contribution < 1.29 is 18.8 Å². The first-order valence-electron chi connectivity index (χ1n) is 12.7. The number of carbonyl (C=O) groups excluding carboxylic acids is 3. The Bertz CT molecular complexity index is 1160. The molecule has 2 aliphatic carbocycles. The summed E-state index contributed by atoms with van der Waals surface area (Å²) in [5.74, 6) is 0.694. The van der Waals surface area contributed by atoms with Crippen molar-refractivity contribution in [3.8, 4) is 11.3 Å². The molecule has 1 aromatic carbocycles. The minimum Gasteiger partial charge on any atom is -0.451 e. The highest BCUT2D eigenvalue weighted by atomic mass is 16.4. The Morgan fingerprint density at radius 1 is 1.11 bits per heavy atom. The average Bonchev–Trinajstić information content (AvgIpc) is 3.62. The number of likely N-dealkylation sites (N-methyl/N-ethyl adjacent to an activating group) is 1. The second-order valence-corrected chi connectivity index (χ2v) is 9.94. The third-order valence-electron chi connectivity index (χ3n) is 7.54. The zero-order chi connectivity index (χ0) is 24.4. The number of likely N-dealkylation sites (tertiary alicyclic amines) is 1. The zero-order valence-corrected chi connectivity index (χ0v) is 20.3. The maximum absolute atomic E-state index is 13.0. The Kier molecular flexibility index (Phi) is 6.75. The molecule has 3 aliphatic rings. The quantitative estimate of drug-likeness (QED) is 0.635. The summed E-state index contributed by atoms with van der Waals surface area (Å²) in [4.78, 5) is 39.4. The van der Waals surface area contributed by atoms with Gasteiger partial charge in [0.2, 0.25) is 11.8 Å². The Morgan fingerprint density at radius 2 is 1.94 bits per heavy atom. The van der Waals surface area contributed by atoms with Crippen LogP contribution in [0.5, 0.6) is 0 Å². The van der Waals surface area contributed by atoms with Crippen molar-refractivity contribution in [2.24, 2.45) is 5.92 Å². The molecule has 2 fully saturated rings. The lowest BCUT2D eigenvalue weighted by Gasteiger charge is -2.29. The number of nitrogens with one attached hydrogen (secondary N) is 2. The fourth-order valence-corrected chi connectivity index (χ4v) is 5.63. The Hall–Kier alpha value is -3.35. The van der Waals surface area contributed by atoms with E-state index in [0.717, 1.165) is 50.6 Å². The number of carbonyl (C=O) groups is 3. The number of hydrogen-bond acceptors (Lipinski definition) is 4. The molecule has 5 rings (SSSR count). The van der Waals surface area contributed by atoms with Gasteiger partial charge in [-0.1, -0.05) is 37.5 Å². The van der Waals surface area contributed by atoms with Crippen LogP contribution in [0, 0.1) is 5.92 Å². The van der Waals surface area contributed by atoms with Crippen LogP contribution in [0.4, 0.5) is 0 Å². The summed E-state index contributed by atoms with van der Waals surface area (Å²) >= 11 is 0. The lowest BCUT2D eigenvalue weighted by molar-refractivity contribution is -0.127. The Labute approximate surface area is 205 Å². The Balaban J connectivity index is 1.25. The van der Waals surface area contributed by atoms with Gasteiger partial charge in [0.05, 0.1) is 0 Å². The van der Waals surface area contributed by atoms with Gasteiger partial charge in [0, 0.05) is 32.1 Å². The van der Waals surface area contributed by atoms with Crippen molar-refractivity contribution in [1.29, 1.82) is 0 Å². The number of benzene rings is 1. The first-order chi connectivity index (χ1) is 17.0. The Morgan fingerprint density at radius 3 is 2.69 bits per heavy atom. The van der Waals surface area contributed by atoms with Crippen molar-refractivity contribution in [2.45, 2.75) is 57.4 Å². The minimum atomic E-state index is -0.548. The van der Waals surface area contributed by atoms with Crippen molar-refractivity contribution in [1.82, 2.24) is 15.5 Å². The maximum Gasteiger partial charge on any atom is 0.287 e. The molecule has 0 unspecified atom stereocenters. The van der Waals surface area contributed by atoms with Crippen LogP contribution >= 0.6 is 0 Å². The summed E-state index contributed by atoms with van der Waals surface area (Å²) in [7, 11) is 1.60. The topological polar surface area (TPSA) is 91.7 Å². The third kappa shape index (κ3) is 5.04. The van der Waals surface area contributed by atoms with Crippen LogP contribution < -0.4 is 10.6 Å². The molecule has 1 aliphatic heterocycles. The molecule has 1 saturated carbocycles. The number of amides is 3. The van der Waals surface area contributed by atoms with Crippen LogP contribution in [0.1, 0.15) is 66.6 Å². The largest absolute Gasteiger partial charge is 0.451 e. The molecule has 0 radical (unpaired) electrons. The van der Waals surface area contributed by atoms with Crippen LogP contribution in [0.3, 0.4) is 0 Å². The number of furan rings is 1. The summed E-state index contributed by atoms with van der Waals surface area (Å²) in [5, 5.41) is 5.61. The third-order valence-corrected chi connectivity index (χ3v) is 7.54. The van der Waals surface area contributed by atoms with E-state index in [-0.39, 0.29) is 29.4 Å². The van der Waals surface area contributed by atoms with E-state index in [1.54, 1.807) is 19.2 Å². The minimum absolute atomic E-state index is 0.149. The van der Waals surface area contributed by atoms with E-state index >= 15 is 0 Å². The van der Waals surface area contributed by atoms with Gasteiger partial charge in [-0.15, -0.1) is 0 Å². The van der Waals surface area contributed by atoms with Gasteiger partial charge in [-0.05, 0) is 66.5 Å². The van der Waals surface area contributed by atoms with Gasteiger partial charge in [-0.25, -0.2) is 0 Å². The van der Waals surface area contributed by atoms with E-state index in [4.69, 9.17) is 4.42 Å². The van der Waals surface area contributed by atoms with E-state index in [9.17, 15) is 14.4 Å². The fraction of sp³-hybridized carbons (Fsp3) is 0.464. The molecule has 35 heavy (non-hydrogen) atoms. The molecule has 0 bridgehead atoms. The molecular formula is C28H33N3O4. The van der Waals surface area contributed by atoms with Gasteiger partial charge in [0.25, 0.3) is 5.91 Å². The van der Waals surface area contributed by atoms with E-state index < -0.39 is 6.04 Å². The predicted molar refractivity (Wildman–Crippen MR) is 134 cm³/mol. The molecule has 1 atom stereocenters. The lowest BCUT2D eigenvalue weighted by Crippen LogP contribution is -2.50. The van der Waals surface area contributed by atoms with Gasteiger partial charge >= 0.3 is 0 Å². The highest BCUT2D eigenvalue weighted by Gasteiger charge is 2.31. The molecule has 1 aromatic heterocycles. The molecule has 0 spiro atoms. The molecular weight excluding hydrogens is 442 g/mol. The van der Waals surface area contributed by atoms with Crippen molar-refractivity contribution in [2.75, 3.05) is 20.1 Å². The molecule has 7 nitrogen and oxygen atoms in total. The van der Waals surface area contributed by atoms with Crippen molar-refractivity contribution >= 4 is 23.8 Å². The molecule has 2 aromatic rings. The van der Waals surface area contributed by atoms with Crippen LogP contribution in [-0.2, 0) is 16.0 Å². The van der Waals surface area contributed by atoms with E-state index in [0.29, 0.717) is 18.7 Å². The fourth-order valence-electron chi connectivity index (χ4n) is 5.63. The van der Waals surface area contributed by atoms with Crippen LogP contribution in [0.2, 0.25) is 0 Å². The molecule has 184 valence electrons. The predicted octanol–water partition coefficient (Wildman–Crippen LogP) is 3.93. The van der Waals surface area contributed by atoms with Gasteiger partial charge in [-0.2, -0.15) is 0 Å². The summed E-state index contributed by atoms with van der Waals surface area (Å²) in [6.07, 6.45) is 9.83. The number of hydrogen-bond donors (Lipinski definition) is 2. The molecule has 3 amide bonds. The van der Waals surface area contributed by atoms with Crippen LogP contribution in [0.15, 0.2) is 40.3 Å². The maximum atomic E-state index is 13.0. The SMILES string of the molecule is CNC(=O)[C@@H](NC(=O)c1ccc(-c2ccc3c(c2)CC(CN2CCCC2=O)=C3)o1)C1CCCCC1. The molecule has 2 heterocycles. The number of fused-ring (bicyclic) bond motifs is 1. The van der Waals surface area contributed by atoms with Gasteiger partial charge < -0.3 is 20.0 Å². The highest BCUT2D eigenvalue weighted by molar-refractivity contribution is 5.96.